The first-order valence-corrected chi connectivity index (χ1v) is 11.7. The predicted molar refractivity (Wildman–Crippen MR) is 135 cm³/mol. The Morgan fingerprint density at radius 3 is 2.51 bits per heavy atom. The van der Waals surface area contributed by atoms with Crippen molar-refractivity contribution in [3.05, 3.63) is 83.0 Å². The van der Waals surface area contributed by atoms with Gasteiger partial charge in [-0.3, -0.25) is 19.3 Å². The van der Waals surface area contributed by atoms with Crippen molar-refractivity contribution in [1.29, 1.82) is 0 Å². The van der Waals surface area contributed by atoms with E-state index < -0.39 is 23.7 Å². The van der Waals surface area contributed by atoms with E-state index in [9.17, 15) is 19.2 Å². The van der Waals surface area contributed by atoms with Crippen molar-refractivity contribution in [3.8, 4) is 5.82 Å². The average molecular weight is 498 g/mol. The van der Waals surface area contributed by atoms with Crippen LogP contribution in [0.25, 0.3) is 16.7 Å². The van der Waals surface area contributed by atoms with E-state index in [0.29, 0.717) is 11.3 Å². The van der Waals surface area contributed by atoms with Crippen molar-refractivity contribution >= 4 is 40.4 Å². The number of anilines is 1. The van der Waals surface area contributed by atoms with Crippen molar-refractivity contribution in [2.45, 2.75) is 26.8 Å². The molecule has 0 spiro atoms. The number of ether oxygens (including phenoxy) is 1. The molecule has 186 valence electrons. The third-order valence-corrected chi connectivity index (χ3v) is 5.99. The number of benzene rings is 2. The molecule has 0 radical (unpaired) electrons. The predicted octanol–water partition coefficient (Wildman–Crippen LogP) is 3.85. The molecule has 3 amide bonds. The maximum absolute atomic E-state index is 13.3. The first-order chi connectivity index (χ1) is 17.8. The molecule has 4 aromatic rings. The highest BCUT2D eigenvalue weighted by atomic mass is 16.5. The molecule has 0 atom stereocenters. The van der Waals surface area contributed by atoms with Crippen molar-refractivity contribution in [3.63, 3.8) is 0 Å². The molecule has 0 fully saturated rings. The molecule has 1 aliphatic rings. The van der Waals surface area contributed by atoms with E-state index in [1.165, 1.54) is 29.1 Å². The minimum Gasteiger partial charge on any atom is -0.462 e. The number of fused-ring (bicyclic) bond motifs is 2. The number of carbonyl (C=O) groups excluding carboxylic acids is 4. The SMILES string of the molecule is CCOC(=O)c1cnn(-c2ccc3ccccc3n2)c1NC(=O)c1ccc2c(c1)C(=O)N(C(C)C)C2=O. The molecule has 0 unspecified atom stereocenters. The van der Waals surface area contributed by atoms with Crippen LogP contribution >= 0.6 is 0 Å². The van der Waals surface area contributed by atoms with Gasteiger partial charge in [0, 0.05) is 17.0 Å². The van der Waals surface area contributed by atoms with E-state index in [0.717, 1.165) is 10.3 Å². The van der Waals surface area contributed by atoms with Gasteiger partial charge in [0.05, 0.1) is 29.4 Å². The van der Waals surface area contributed by atoms with Crippen LogP contribution in [-0.2, 0) is 4.74 Å². The van der Waals surface area contributed by atoms with Crippen LogP contribution in [0.4, 0.5) is 5.82 Å². The standard InChI is InChI=1S/C27H23N5O5/c1-4-37-27(36)20-14-28-32(22-12-10-16-7-5-6-8-21(16)29-22)23(20)30-24(33)17-9-11-18-19(13-17)26(35)31(15(2)3)25(18)34/h5-15H,4H2,1-3H3,(H,30,33). The molecule has 1 aliphatic heterocycles. The Kier molecular flexibility index (Phi) is 6.00. The number of nitrogens with zero attached hydrogens (tertiary/aromatic N) is 4. The van der Waals surface area contributed by atoms with Crippen LogP contribution in [0.15, 0.2) is 60.8 Å². The number of aromatic nitrogens is 3. The number of amides is 3. The van der Waals surface area contributed by atoms with Crippen LogP contribution in [-0.4, -0.2) is 56.0 Å². The fourth-order valence-electron chi connectivity index (χ4n) is 4.22. The summed E-state index contributed by atoms with van der Waals surface area (Å²) in [5.41, 5.74) is 1.29. The summed E-state index contributed by atoms with van der Waals surface area (Å²) in [5.74, 6) is -1.66. The summed E-state index contributed by atoms with van der Waals surface area (Å²) in [7, 11) is 0. The second kappa shape index (κ2) is 9.30. The summed E-state index contributed by atoms with van der Waals surface area (Å²) in [5, 5.41) is 7.93. The van der Waals surface area contributed by atoms with Crippen LogP contribution < -0.4 is 5.32 Å². The zero-order valence-corrected chi connectivity index (χ0v) is 20.4. The largest absolute Gasteiger partial charge is 0.462 e. The summed E-state index contributed by atoms with van der Waals surface area (Å²) >= 11 is 0. The molecule has 10 nitrogen and oxygen atoms in total. The van der Waals surface area contributed by atoms with Crippen molar-refractivity contribution in [1.82, 2.24) is 19.7 Å². The molecule has 0 aliphatic carbocycles. The minimum atomic E-state index is -0.660. The van der Waals surface area contributed by atoms with Gasteiger partial charge in [0.25, 0.3) is 17.7 Å². The van der Waals surface area contributed by atoms with Crippen LogP contribution in [0, 0.1) is 0 Å². The number of hydrogen-bond donors (Lipinski definition) is 1. The van der Waals surface area contributed by atoms with Gasteiger partial charge in [-0.05, 0) is 57.2 Å². The molecule has 0 saturated heterocycles. The molecule has 0 saturated carbocycles. The van der Waals surface area contributed by atoms with Crippen LogP contribution in [0.1, 0.15) is 62.2 Å². The van der Waals surface area contributed by atoms with E-state index >= 15 is 0 Å². The number of esters is 1. The third kappa shape index (κ3) is 4.12. The molecule has 5 rings (SSSR count). The van der Waals surface area contributed by atoms with E-state index in [-0.39, 0.29) is 40.7 Å². The Hall–Kier alpha value is -4.86. The first-order valence-electron chi connectivity index (χ1n) is 11.7. The van der Waals surface area contributed by atoms with Crippen LogP contribution in [0.2, 0.25) is 0 Å². The smallest absolute Gasteiger partial charge is 0.343 e. The normalized spacial score (nSPS) is 12.8. The molecule has 1 N–H and O–H groups in total. The van der Waals surface area contributed by atoms with E-state index in [2.05, 4.69) is 15.4 Å². The number of rotatable bonds is 6. The van der Waals surface area contributed by atoms with Crippen molar-refractivity contribution in [2.24, 2.45) is 0 Å². The van der Waals surface area contributed by atoms with Gasteiger partial charge in [-0.1, -0.05) is 18.2 Å². The lowest BCUT2D eigenvalue weighted by atomic mass is 10.1. The van der Waals surface area contributed by atoms with Gasteiger partial charge in [0.15, 0.2) is 11.6 Å². The Balaban J connectivity index is 1.53. The van der Waals surface area contributed by atoms with Crippen LogP contribution in [0.3, 0.4) is 0 Å². The number of hydrogen-bond acceptors (Lipinski definition) is 7. The molecule has 3 heterocycles. The summed E-state index contributed by atoms with van der Waals surface area (Å²) in [4.78, 5) is 57.1. The van der Waals surface area contributed by atoms with Gasteiger partial charge in [-0.25, -0.2) is 9.78 Å². The highest BCUT2D eigenvalue weighted by Gasteiger charge is 2.37. The fraction of sp³-hybridized carbons (Fsp3) is 0.185. The highest BCUT2D eigenvalue weighted by Crippen LogP contribution is 2.27. The van der Waals surface area contributed by atoms with Crippen LogP contribution in [0.5, 0.6) is 0 Å². The number of imide groups is 1. The lowest BCUT2D eigenvalue weighted by Gasteiger charge is -2.17. The van der Waals surface area contributed by atoms with Gasteiger partial charge in [0.2, 0.25) is 0 Å². The zero-order chi connectivity index (χ0) is 26.3. The topological polar surface area (TPSA) is 123 Å². The van der Waals surface area contributed by atoms with Gasteiger partial charge in [-0.2, -0.15) is 9.78 Å². The van der Waals surface area contributed by atoms with E-state index in [1.807, 2.05) is 30.3 Å². The van der Waals surface area contributed by atoms with E-state index in [1.54, 1.807) is 26.8 Å². The maximum atomic E-state index is 13.3. The van der Waals surface area contributed by atoms with Crippen molar-refractivity contribution < 1.29 is 23.9 Å². The number of carbonyl (C=O) groups is 4. The summed E-state index contributed by atoms with van der Waals surface area (Å²) in [6.45, 7) is 5.30. The van der Waals surface area contributed by atoms with Gasteiger partial charge in [0.1, 0.15) is 5.56 Å². The summed E-state index contributed by atoms with van der Waals surface area (Å²) < 4.78 is 6.49. The number of pyridine rings is 1. The lowest BCUT2D eigenvalue weighted by molar-refractivity contribution is 0.0525. The molecular formula is C27H23N5O5. The summed E-state index contributed by atoms with van der Waals surface area (Å²) in [6.07, 6.45) is 1.30. The maximum Gasteiger partial charge on any atom is 0.343 e. The molecule has 2 aromatic carbocycles. The Bertz CT molecular complexity index is 1590. The first kappa shape index (κ1) is 23.9. The molecule has 2 aromatic heterocycles. The monoisotopic (exact) mass is 497 g/mol. The van der Waals surface area contributed by atoms with Gasteiger partial charge < -0.3 is 10.1 Å². The molecule has 37 heavy (non-hydrogen) atoms. The minimum absolute atomic E-state index is 0.0450. The number of nitrogens with one attached hydrogen (secondary N) is 1. The lowest BCUT2D eigenvalue weighted by Crippen LogP contribution is -2.35. The average Bonchev–Trinajstić information content (AvgIpc) is 3.41. The van der Waals surface area contributed by atoms with Gasteiger partial charge in [-0.15, -0.1) is 0 Å². The zero-order valence-electron chi connectivity index (χ0n) is 20.4. The summed E-state index contributed by atoms with van der Waals surface area (Å²) in [6, 6.07) is 15.1. The third-order valence-electron chi connectivity index (χ3n) is 5.99. The Labute approximate surface area is 211 Å². The Morgan fingerprint density at radius 2 is 1.76 bits per heavy atom. The molecule has 0 bridgehead atoms. The van der Waals surface area contributed by atoms with Gasteiger partial charge >= 0.3 is 5.97 Å². The molecule has 10 heteroatoms. The Morgan fingerprint density at radius 1 is 1.00 bits per heavy atom. The second-order valence-electron chi connectivity index (χ2n) is 8.69. The van der Waals surface area contributed by atoms with E-state index in [4.69, 9.17) is 4.74 Å². The fourth-order valence-corrected chi connectivity index (χ4v) is 4.22. The highest BCUT2D eigenvalue weighted by molar-refractivity contribution is 6.22. The molecular weight excluding hydrogens is 474 g/mol. The second-order valence-corrected chi connectivity index (χ2v) is 8.69. The number of para-hydroxylation sites is 1. The van der Waals surface area contributed by atoms with Crippen molar-refractivity contribution in [2.75, 3.05) is 11.9 Å². The quantitative estimate of drug-likeness (QED) is 0.317.